The molecular formula is C15H13N3. The Balaban J connectivity index is 2.18. The molecule has 1 atom stereocenters. The summed E-state index contributed by atoms with van der Waals surface area (Å²) in [6.07, 6.45) is 3.55. The highest BCUT2D eigenvalue weighted by Gasteiger charge is 2.07. The summed E-state index contributed by atoms with van der Waals surface area (Å²) in [5, 5.41) is 12.0. The zero-order chi connectivity index (χ0) is 12.8. The molecule has 0 amide bonds. The van der Waals surface area contributed by atoms with Crippen LogP contribution in [0.4, 0.5) is 5.82 Å². The van der Waals surface area contributed by atoms with Gasteiger partial charge in [-0.15, -0.1) is 6.58 Å². The zero-order valence-corrected chi connectivity index (χ0v) is 9.88. The van der Waals surface area contributed by atoms with Crippen molar-refractivity contribution >= 4 is 5.82 Å². The molecule has 3 heteroatoms. The molecule has 1 aromatic heterocycles. The van der Waals surface area contributed by atoms with E-state index >= 15 is 0 Å². The van der Waals surface area contributed by atoms with E-state index in [0.717, 1.165) is 11.4 Å². The van der Waals surface area contributed by atoms with Gasteiger partial charge < -0.3 is 5.32 Å². The molecule has 0 spiro atoms. The normalized spacial score (nSPS) is 11.3. The van der Waals surface area contributed by atoms with Crippen LogP contribution in [0.15, 0.2) is 61.3 Å². The van der Waals surface area contributed by atoms with Gasteiger partial charge in [-0.3, -0.25) is 0 Å². The predicted octanol–water partition coefficient (Wildman–Crippen LogP) is 3.29. The van der Waals surface area contributed by atoms with Gasteiger partial charge in [0.15, 0.2) is 0 Å². The van der Waals surface area contributed by atoms with Crippen LogP contribution >= 0.6 is 0 Å². The number of pyridine rings is 1. The average molecular weight is 235 g/mol. The lowest BCUT2D eigenvalue weighted by molar-refractivity contribution is 0.971. The second kappa shape index (κ2) is 5.65. The van der Waals surface area contributed by atoms with Gasteiger partial charge in [-0.1, -0.05) is 24.3 Å². The highest BCUT2D eigenvalue weighted by atomic mass is 15.0. The van der Waals surface area contributed by atoms with E-state index in [1.807, 2.05) is 36.4 Å². The van der Waals surface area contributed by atoms with Crippen molar-refractivity contribution in [2.24, 2.45) is 0 Å². The Kier molecular flexibility index (Phi) is 3.72. The summed E-state index contributed by atoms with van der Waals surface area (Å²) in [7, 11) is 0. The summed E-state index contributed by atoms with van der Waals surface area (Å²) in [6, 6.07) is 15.2. The molecule has 88 valence electrons. The molecule has 18 heavy (non-hydrogen) atoms. The molecule has 0 saturated carbocycles. The largest absolute Gasteiger partial charge is 0.360 e. The van der Waals surface area contributed by atoms with Gasteiger partial charge in [0.05, 0.1) is 17.7 Å². The Bertz CT molecular complexity index is 553. The zero-order valence-electron chi connectivity index (χ0n) is 9.88. The predicted molar refractivity (Wildman–Crippen MR) is 72.0 cm³/mol. The summed E-state index contributed by atoms with van der Waals surface area (Å²) in [5.74, 6) is 0.798. The number of nitrogens with one attached hydrogen (secondary N) is 1. The smallest absolute Gasteiger partial charge is 0.126 e. The molecule has 1 aromatic carbocycles. The van der Waals surface area contributed by atoms with E-state index in [1.54, 1.807) is 18.3 Å². The Morgan fingerprint density at radius 1 is 1.22 bits per heavy atom. The van der Waals surface area contributed by atoms with Crippen LogP contribution < -0.4 is 5.32 Å². The first-order valence-electron chi connectivity index (χ1n) is 5.63. The lowest BCUT2D eigenvalue weighted by atomic mass is 10.1. The fourth-order valence-corrected chi connectivity index (χ4v) is 1.65. The Morgan fingerprint density at radius 2 is 2.00 bits per heavy atom. The van der Waals surface area contributed by atoms with Crippen molar-refractivity contribution in [3.05, 3.63) is 72.4 Å². The number of aromatic nitrogens is 1. The van der Waals surface area contributed by atoms with Crippen molar-refractivity contribution in [2.75, 3.05) is 5.32 Å². The minimum atomic E-state index is -0.0207. The van der Waals surface area contributed by atoms with E-state index in [1.165, 1.54) is 0 Å². The van der Waals surface area contributed by atoms with E-state index in [0.29, 0.717) is 5.56 Å². The molecule has 1 heterocycles. The maximum Gasteiger partial charge on any atom is 0.126 e. The van der Waals surface area contributed by atoms with Crippen LogP contribution in [0, 0.1) is 11.3 Å². The van der Waals surface area contributed by atoms with Crippen LogP contribution in [-0.4, -0.2) is 4.98 Å². The number of hydrogen-bond acceptors (Lipinski definition) is 3. The van der Waals surface area contributed by atoms with Crippen LogP contribution in [0.1, 0.15) is 17.2 Å². The van der Waals surface area contributed by atoms with Crippen molar-refractivity contribution in [3.8, 4) is 6.07 Å². The van der Waals surface area contributed by atoms with Crippen LogP contribution in [0.25, 0.3) is 0 Å². The first kappa shape index (κ1) is 11.9. The number of hydrogen-bond donors (Lipinski definition) is 1. The molecule has 2 rings (SSSR count). The third-order valence-electron chi connectivity index (χ3n) is 2.60. The number of rotatable bonds is 4. The van der Waals surface area contributed by atoms with Crippen LogP contribution in [0.2, 0.25) is 0 Å². The molecule has 0 saturated heterocycles. The van der Waals surface area contributed by atoms with Crippen LogP contribution in [-0.2, 0) is 0 Å². The van der Waals surface area contributed by atoms with Gasteiger partial charge >= 0.3 is 0 Å². The summed E-state index contributed by atoms with van der Waals surface area (Å²) in [4.78, 5) is 4.21. The quantitative estimate of drug-likeness (QED) is 0.827. The van der Waals surface area contributed by atoms with E-state index < -0.39 is 0 Å². The average Bonchev–Trinajstić information content (AvgIpc) is 2.46. The molecule has 0 fully saturated rings. The minimum Gasteiger partial charge on any atom is -0.360 e. The van der Waals surface area contributed by atoms with Gasteiger partial charge in [-0.2, -0.15) is 5.26 Å². The first-order valence-corrected chi connectivity index (χ1v) is 5.63. The van der Waals surface area contributed by atoms with Gasteiger partial charge in [0, 0.05) is 6.20 Å². The molecule has 1 unspecified atom stereocenters. The molecule has 0 aliphatic rings. The van der Waals surface area contributed by atoms with Gasteiger partial charge in [0.1, 0.15) is 5.82 Å². The maximum absolute atomic E-state index is 8.76. The van der Waals surface area contributed by atoms with Gasteiger partial charge in [0.25, 0.3) is 0 Å². The van der Waals surface area contributed by atoms with Crippen molar-refractivity contribution < 1.29 is 0 Å². The lowest BCUT2D eigenvalue weighted by Gasteiger charge is -2.15. The lowest BCUT2D eigenvalue weighted by Crippen LogP contribution is -2.08. The van der Waals surface area contributed by atoms with Crippen molar-refractivity contribution in [3.63, 3.8) is 0 Å². The molecule has 0 aliphatic carbocycles. The summed E-state index contributed by atoms with van der Waals surface area (Å²) in [5.41, 5.74) is 1.70. The summed E-state index contributed by atoms with van der Waals surface area (Å²) >= 11 is 0. The van der Waals surface area contributed by atoms with E-state index in [-0.39, 0.29) is 6.04 Å². The fourth-order valence-electron chi connectivity index (χ4n) is 1.65. The second-order valence-electron chi connectivity index (χ2n) is 3.81. The third-order valence-corrected chi connectivity index (χ3v) is 2.60. The molecule has 3 nitrogen and oxygen atoms in total. The van der Waals surface area contributed by atoms with E-state index in [4.69, 9.17) is 5.26 Å². The van der Waals surface area contributed by atoms with Gasteiger partial charge in [-0.25, -0.2) is 4.98 Å². The number of nitrogens with zero attached hydrogens (tertiary/aromatic N) is 2. The summed E-state index contributed by atoms with van der Waals surface area (Å²) in [6.45, 7) is 3.82. The van der Waals surface area contributed by atoms with E-state index in [2.05, 4.69) is 22.9 Å². The monoisotopic (exact) mass is 235 g/mol. The molecule has 0 radical (unpaired) electrons. The molecule has 0 bridgehead atoms. The molecule has 0 aliphatic heterocycles. The highest BCUT2D eigenvalue weighted by Crippen LogP contribution is 2.19. The van der Waals surface area contributed by atoms with Gasteiger partial charge in [-0.05, 0) is 29.8 Å². The number of nitriles is 1. The molecule has 1 N–H and O–H groups in total. The molecule has 2 aromatic rings. The number of benzene rings is 1. The Hall–Kier alpha value is -2.60. The SMILES string of the molecule is C=CC(Nc1ccccn1)c1ccc(C#N)cc1. The Morgan fingerprint density at radius 3 is 2.56 bits per heavy atom. The van der Waals surface area contributed by atoms with Crippen LogP contribution in [0.3, 0.4) is 0 Å². The maximum atomic E-state index is 8.76. The van der Waals surface area contributed by atoms with E-state index in [9.17, 15) is 0 Å². The van der Waals surface area contributed by atoms with Crippen LogP contribution in [0.5, 0.6) is 0 Å². The van der Waals surface area contributed by atoms with Crippen molar-refractivity contribution in [1.82, 2.24) is 4.98 Å². The van der Waals surface area contributed by atoms with Crippen molar-refractivity contribution in [2.45, 2.75) is 6.04 Å². The van der Waals surface area contributed by atoms with Crippen molar-refractivity contribution in [1.29, 1.82) is 5.26 Å². The second-order valence-corrected chi connectivity index (χ2v) is 3.81. The summed E-state index contributed by atoms with van der Waals surface area (Å²) < 4.78 is 0. The third kappa shape index (κ3) is 2.74. The first-order chi connectivity index (χ1) is 8.83. The Labute approximate surface area is 106 Å². The topological polar surface area (TPSA) is 48.7 Å². The standard InChI is InChI=1S/C15H13N3/c1-2-14(18-15-5-3-4-10-17-15)13-8-6-12(11-16)7-9-13/h2-10,14H,1H2,(H,17,18). The minimum absolute atomic E-state index is 0.0207. The van der Waals surface area contributed by atoms with Gasteiger partial charge in [0.2, 0.25) is 0 Å². The fraction of sp³-hybridized carbons (Fsp3) is 0.0667. The number of anilines is 1. The highest BCUT2D eigenvalue weighted by molar-refractivity contribution is 5.41. The molecular weight excluding hydrogens is 222 g/mol.